The van der Waals surface area contributed by atoms with Crippen LogP contribution < -0.4 is 0 Å². The van der Waals surface area contributed by atoms with Crippen LogP contribution in [0.3, 0.4) is 0 Å². The summed E-state index contributed by atoms with van der Waals surface area (Å²) in [4.78, 5) is 19.4. The number of piperidine rings is 1. The summed E-state index contributed by atoms with van der Waals surface area (Å²) in [5, 5.41) is 7.23. The molecule has 0 spiro atoms. The first kappa shape index (κ1) is 18.7. The molecule has 0 saturated carbocycles. The fourth-order valence-electron chi connectivity index (χ4n) is 3.95. The number of amides is 1. The Morgan fingerprint density at radius 1 is 1.38 bits per heavy atom. The lowest BCUT2D eigenvalue weighted by Gasteiger charge is -2.33. The quantitative estimate of drug-likeness (QED) is 0.826. The number of carbonyl (C=O) groups is 1. The summed E-state index contributed by atoms with van der Waals surface area (Å²) in [6, 6.07) is 0. The maximum Gasteiger partial charge on any atom is 0.222 e. The topological polar surface area (TPSA) is 66.8 Å². The van der Waals surface area contributed by atoms with Crippen molar-refractivity contribution in [2.75, 3.05) is 13.1 Å². The molecule has 1 aliphatic heterocycles. The number of hydrogen-bond donors (Lipinski definition) is 1. The molecule has 0 bridgehead atoms. The molecule has 3 heterocycles. The van der Waals surface area contributed by atoms with Crippen molar-refractivity contribution in [3.63, 3.8) is 0 Å². The number of nitrogens with zero attached hydrogens (tertiary/aromatic N) is 4. The van der Waals surface area contributed by atoms with E-state index >= 15 is 0 Å². The van der Waals surface area contributed by atoms with E-state index in [-0.39, 0.29) is 5.91 Å². The second kappa shape index (κ2) is 8.52. The van der Waals surface area contributed by atoms with Crippen LogP contribution in [0.1, 0.15) is 67.7 Å². The number of H-pyrrole nitrogens is 1. The molecular weight excluding hydrogens is 326 g/mol. The number of aryl methyl sites for hydroxylation is 3. The third-order valence-electron chi connectivity index (χ3n) is 5.51. The summed E-state index contributed by atoms with van der Waals surface area (Å²) < 4.78 is 2.28. The lowest BCUT2D eigenvalue weighted by atomic mass is 9.96. The van der Waals surface area contributed by atoms with Crippen LogP contribution in [0.25, 0.3) is 0 Å². The van der Waals surface area contributed by atoms with Crippen LogP contribution >= 0.6 is 0 Å². The minimum absolute atomic E-state index is 0.251. The second-order valence-electron chi connectivity index (χ2n) is 7.42. The number of likely N-dealkylation sites (tertiary alicyclic amines) is 1. The molecule has 2 aromatic heterocycles. The Labute approximate surface area is 156 Å². The van der Waals surface area contributed by atoms with E-state index in [2.05, 4.69) is 32.9 Å². The van der Waals surface area contributed by atoms with Crippen molar-refractivity contribution in [1.29, 1.82) is 0 Å². The number of aromatic amines is 1. The fourth-order valence-corrected chi connectivity index (χ4v) is 3.95. The van der Waals surface area contributed by atoms with Gasteiger partial charge in [-0.1, -0.05) is 13.3 Å². The van der Waals surface area contributed by atoms with Crippen molar-refractivity contribution in [2.24, 2.45) is 0 Å². The molecule has 1 amide bonds. The van der Waals surface area contributed by atoms with Crippen LogP contribution in [0.4, 0.5) is 0 Å². The van der Waals surface area contributed by atoms with Gasteiger partial charge in [0.2, 0.25) is 5.91 Å². The standard InChI is InChI=1S/C20H31N5O/c1-4-5-11-24-13-10-21-20(24)17-7-6-12-25(14-17)19(26)9-8-18-15(2)22-23-16(18)3/h10,13,17H,4-9,11-12,14H2,1-3H3,(H,22,23). The SMILES string of the molecule is CCCCn1ccnc1C1CCCN(C(=O)CCc2c(C)n[nH]c2C)C1. The zero-order chi connectivity index (χ0) is 18.5. The van der Waals surface area contributed by atoms with E-state index in [1.165, 1.54) is 18.4 Å². The Morgan fingerprint density at radius 2 is 2.23 bits per heavy atom. The minimum atomic E-state index is 0.251. The summed E-state index contributed by atoms with van der Waals surface area (Å²) in [6.07, 6.45) is 9.82. The minimum Gasteiger partial charge on any atom is -0.342 e. The molecule has 1 saturated heterocycles. The van der Waals surface area contributed by atoms with Gasteiger partial charge in [-0.3, -0.25) is 9.89 Å². The van der Waals surface area contributed by atoms with Crippen molar-refractivity contribution in [2.45, 2.75) is 71.8 Å². The summed E-state index contributed by atoms with van der Waals surface area (Å²) in [5.74, 6) is 1.76. The van der Waals surface area contributed by atoms with Crippen LogP contribution in [-0.2, 0) is 17.8 Å². The molecule has 2 aromatic rings. The van der Waals surface area contributed by atoms with Gasteiger partial charge in [-0.15, -0.1) is 0 Å². The first-order chi connectivity index (χ1) is 12.6. The van der Waals surface area contributed by atoms with Crippen molar-refractivity contribution in [1.82, 2.24) is 24.6 Å². The Hall–Kier alpha value is -2.11. The predicted molar refractivity (Wildman–Crippen MR) is 102 cm³/mol. The van der Waals surface area contributed by atoms with E-state index in [4.69, 9.17) is 0 Å². The van der Waals surface area contributed by atoms with Crippen molar-refractivity contribution in [3.05, 3.63) is 35.2 Å². The van der Waals surface area contributed by atoms with Gasteiger partial charge in [0, 0.05) is 50.1 Å². The highest BCUT2D eigenvalue weighted by Gasteiger charge is 2.27. The van der Waals surface area contributed by atoms with Gasteiger partial charge < -0.3 is 9.47 Å². The van der Waals surface area contributed by atoms with Gasteiger partial charge in [-0.25, -0.2) is 4.98 Å². The molecule has 6 heteroatoms. The second-order valence-corrected chi connectivity index (χ2v) is 7.42. The van der Waals surface area contributed by atoms with Crippen molar-refractivity contribution < 1.29 is 4.79 Å². The maximum atomic E-state index is 12.8. The van der Waals surface area contributed by atoms with Crippen molar-refractivity contribution >= 4 is 5.91 Å². The van der Waals surface area contributed by atoms with Gasteiger partial charge in [-0.2, -0.15) is 5.10 Å². The van der Waals surface area contributed by atoms with E-state index in [1.807, 2.05) is 24.9 Å². The average Bonchev–Trinajstić information content (AvgIpc) is 3.25. The summed E-state index contributed by atoms with van der Waals surface area (Å²) >= 11 is 0. The number of aromatic nitrogens is 4. The van der Waals surface area contributed by atoms with Gasteiger partial charge >= 0.3 is 0 Å². The van der Waals surface area contributed by atoms with Crippen LogP contribution in [-0.4, -0.2) is 43.6 Å². The summed E-state index contributed by atoms with van der Waals surface area (Å²) in [6.45, 7) is 8.92. The highest BCUT2D eigenvalue weighted by molar-refractivity contribution is 5.76. The normalized spacial score (nSPS) is 17.7. The Kier molecular flexibility index (Phi) is 6.12. The van der Waals surface area contributed by atoms with Crippen LogP contribution in [0.15, 0.2) is 12.4 Å². The summed E-state index contributed by atoms with van der Waals surface area (Å²) in [7, 11) is 0. The molecule has 1 N–H and O–H groups in total. The van der Waals surface area contributed by atoms with E-state index in [9.17, 15) is 4.79 Å². The first-order valence-corrected chi connectivity index (χ1v) is 9.89. The zero-order valence-electron chi connectivity index (χ0n) is 16.3. The molecule has 1 aliphatic rings. The van der Waals surface area contributed by atoms with E-state index < -0.39 is 0 Å². The monoisotopic (exact) mass is 357 g/mol. The molecular formula is C20H31N5O. The van der Waals surface area contributed by atoms with Crippen molar-refractivity contribution in [3.8, 4) is 0 Å². The maximum absolute atomic E-state index is 12.8. The van der Waals surface area contributed by atoms with Crippen LogP contribution in [0.2, 0.25) is 0 Å². The number of hydrogen-bond acceptors (Lipinski definition) is 3. The Balaban J connectivity index is 1.59. The van der Waals surface area contributed by atoms with Gasteiger partial charge in [0.25, 0.3) is 0 Å². The molecule has 142 valence electrons. The fraction of sp³-hybridized carbons (Fsp3) is 0.650. The summed E-state index contributed by atoms with van der Waals surface area (Å²) in [5.41, 5.74) is 3.26. The molecule has 1 atom stereocenters. The molecule has 1 unspecified atom stereocenters. The molecule has 3 rings (SSSR count). The number of nitrogens with one attached hydrogen (secondary N) is 1. The van der Waals surface area contributed by atoms with E-state index in [0.717, 1.165) is 56.1 Å². The van der Waals surface area contributed by atoms with E-state index in [0.29, 0.717) is 12.3 Å². The van der Waals surface area contributed by atoms with Crippen LogP contribution in [0.5, 0.6) is 0 Å². The number of rotatable bonds is 7. The van der Waals surface area contributed by atoms with Gasteiger partial charge in [0.1, 0.15) is 5.82 Å². The molecule has 0 aromatic carbocycles. The number of unbranched alkanes of at least 4 members (excludes halogenated alkanes) is 1. The highest BCUT2D eigenvalue weighted by atomic mass is 16.2. The predicted octanol–water partition coefficient (Wildman–Crippen LogP) is 3.36. The smallest absolute Gasteiger partial charge is 0.222 e. The molecule has 1 fully saturated rings. The third kappa shape index (κ3) is 4.17. The van der Waals surface area contributed by atoms with Gasteiger partial charge in [-0.05, 0) is 45.1 Å². The Bertz CT molecular complexity index is 713. The zero-order valence-corrected chi connectivity index (χ0v) is 16.3. The van der Waals surface area contributed by atoms with Gasteiger partial charge in [0.15, 0.2) is 0 Å². The van der Waals surface area contributed by atoms with Crippen LogP contribution in [0, 0.1) is 13.8 Å². The van der Waals surface area contributed by atoms with E-state index in [1.54, 1.807) is 0 Å². The van der Waals surface area contributed by atoms with Gasteiger partial charge in [0.05, 0.1) is 5.69 Å². The number of imidazole rings is 1. The lowest BCUT2D eigenvalue weighted by Crippen LogP contribution is -2.39. The third-order valence-corrected chi connectivity index (χ3v) is 5.51. The highest BCUT2D eigenvalue weighted by Crippen LogP contribution is 2.27. The average molecular weight is 358 g/mol. The molecule has 0 radical (unpaired) electrons. The largest absolute Gasteiger partial charge is 0.342 e. The molecule has 26 heavy (non-hydrogen) atoms. The molecule has 0 aliphatic carbocycles. The number of carbonyl (C=O) groups excluding carboxylic acids is 1. The lowest BCUT2D eigenvalue weighted by molar-refractivity contribution is -0.132. The first-order valence-electron chi connectivity index (χ1n) is 9.89. The molecule has 6 nitrogen and oxygen atoms in total. The Morgan fingerprint density at radius 3 is 2.96 bits per heavy atom.